The normalized spacial score (nSPS) is 19.0. The highest BCUT2D eigenvalue weighted by Gasteiger charge is 2.43. The van der Waals surface area contributed by atoms with E-state index in [1.54, 1.807) is 11.0 Å². The number of alkyl halides is 3. The quantitative estimate of drug-likeness (QED) is 0.865. The summed E-state index contributed by atoms with van der Waals surface area (Å²) in [4.78, 5) is 1.56. The van der Waals surface area contributed by atoms with E-state index in [9.17, 15) is 18.3 Å². The van der Waals surface area contributed by atoms with Gasteiger partial charge in [-0.25, -0.2) is 0 Å². The Morgan fingerprint density at radius 2 is 1.88 bits per heavy atom. The van der Waals surface area contributed by atoms with E-state index in [4.69, 9.17) is 0 Å². The van der Waals surface area contributed by atoms with Crippen molar-refractivity contribution in [3.63, 3.8) is 0 Å². The lowest BCUT2D eigenvalue weighted by Crippen LogP contribution is -2.62. The summed E-state index contributed by atoms with van der Waals surface area (Å²) in [5, 5.41) is 9.82. The van der Waals surface area contributed by atoms with Gasteiger partial charge in [0.25, 0.3) is 0 Å². The van der Waals surface area contributed by atoms with Crippen LogP contribution in [0.25, 0.3) is 0 Å². The molecule has 5 heteroatoms. The predicted molar refractivity (Wildman–Crippen MR) is 58.9 cm³/mol. The summed E-state index contributed by atoms with van der Waals surface area (Å²) in [6, 6.07) is 5.46. The first kappa shape index (κ1) is 12.2. The number of para-hydroxylation sites is 1. The maximum atomic E-state index is 12.8. The molecule has 0 unspecified atom stereocenters. The third-order valence-electron chi connectivity index (χ3n) is 3.18. The lowest BCUT2D eigenvalue weighted by molar-refractivity contribution is -0.137. The molecule has 0 saturated carbocycles. The Hall–Kier alpha value is -1.23. The number of anilines is 1. The molecule has 1 heterocycles. The average molecular weight is 245 g/mol. The fraction of sp³-hybridized carbons (Fsp3) is 0.500. The molecule has 0 aliphatic carbocycles. The number of rotatable bonds is 2. The molecule has 94 valence electrons. The Kier molecular flexibility index (Phi) is 2.81. The van der Waals surface area contributed by atoms with E-state index < -0.39 is 17.3 Å². The van der Waals surface area contributed by atoms with E-state index >= 15 is 0 Å². The smallest absolute Gasteiger partial charge is 0.386 e. The summed E-state index contributed by atoms with van der Waals surface area (Å²) in [7, 11) is 0. The number of β-amino-alcohol motifs (C(OH)–C–C–N with tert-alkyl or cyclic N) is 1. The van der Waals surface area contributed by atoms with E-state index in [1.807, 2.05) is 6.92 Å². The first-order valence-corrected chi connectivity index (χ1v) is 5.49. The highest BCUT2D eigenvalue weighted by atomic mass is 19.4. The molecule has 1 N–H and O–H groups in total. The number of nitrogens with zero attached hydrogens (tertiary/aromatic N) is 1. The van der Waals surface area contributed by atoms with Crippen LogP contribution in [-0.2, 0) is 6.18 Å². The van der Waals surface area contributed by atoms with Gasteiger partial charge in [0, 0.05) is 18.8 Å². The molecular weight excluding hydrogens is 231 g/mol. The third kappa shape index (κ3) is 2.24. The zero-order chi connectivity index (χ0) is 12.7. The fourth-order valence-corrected chi connectivity index (χ4v) is 2.05. The lowest BCUT2D eigenvalue weighted by Gasteiger charge is -2.48. The van der Waals surface area contributed by atoms with Gasteiger partial charge in [-0.15, -0.1) is 0 Å². The summed E-state index contributed by atoms with van der Waals surface area (Å²) in [5.41, 5.74) is -1.32. The Bertz CT molecular complexity index is 410. The van der Waals surface area contributed by atoms with E-state index in [1.165, 1.54) is 12.1 Å². The number of aliphatic hydroxyl groups is 1. The maximum Gasteiger partial charge on any atom is 0.418 e. The van der Waals surface area contributed by atoms with Crippen molar-refractivity contribution in [1.29, 1.82) is 0 Å². The second-order valence-electron chi connectivity index (χ2n) is 4.45. The second kappa shape index (κ2) is 3.91. The number of benzene rings is 1. The van der Waals surface area contributed by atoms with Crippen molar-refractivity contribution in [3.05, 3.63) is 29.8 Å². The van der Waals surface area contributed by atoms with Crippen molar-refractivity contribution >= 4 is 5.69 Å². The number of hydrogen-bond donors (Lipinski definition) is 1. The lowest BCUT2D eigenvalue weighted by atomic mass is 9.90. The monoisotopic (exact) mass is 245 g/mol. The van der Waals surface area contributed by atoms with Gasteiger partial charge in [-0.1, -0.05) is 19.1 Å². The zero-order valence-electron chi connectivity index (χ0n) is 9.46. The molecule has 0 amide bonds. The van der Waals surface area contributed by atoms with Gasteiger partial charge in [-0.3, -0.25) is 0 Å². The number of hydrogen-bond acceptors (Lipinski definition) is 2. The van der Waals surface area contributed by atoms with Gasteiger partial charge >= 0.3 is 6.18 Å². The zero-order valence-corrected chi connectivity index (χ0v) is 9.46. The minimum Gasteiger partial charge on any atom is -0.386 e. The van der Waals surface area contributed by atoms with Crippen molar-refractivity contribution in [2.24, 2.45) is 0 Å². The van der Waals surface area contributed by atoms with Crippen molar-refractivity contribution in [1.82, 2.24) is 0 Å². The Morgan fingerprint density at radius 3 is 2.41 bits per heavy atom. The molecular formula is C12H14F3NO. The topological polar surface area (TPSA) is 23.5 Å². The van der Waals surface area contributed by atoms with Crippen LogP contribution in [0.1, 0.15) is 18.9 Å². The molecule has 0 bridgehead atoms. The maximum absolute atomic E-state index is 12.8. The molecule has 0 atom stereocenters. The molecule has 1 saturated heterocycles. The van der Waals surface area contributed by atoms with Crippen LogP contribution in [0.2, 0.25) is 0 Å². The Labute approximate surface area is 97.7 Å². The molecule has 0 aromatic heterocycles. The second-order valence-corrected chi connectivity index (χ2v) is 4.45. The van der Waals surface area contributed by atoms with Crippen LogP contribution in [0.15, 0.2) is 24.3 Å². The van der Waals surface area contributed by atoms with Crippen LogP contribution >= 0.6 is 0 Å². The summed E-state index contributed by atoms with van der Waals surface area (Å²) < 4.78 is 38.3. The van der Waals surface area contributed by atoms with E-state index in [0.29, 0.717) is 6.42 Å². The van der Waals surface area contributed by atoms with Crippen LogP contribution < -0.4 is 4.90 Å². The molecule has 2 rings (SSSR count). The standard InChI is InChI=1S/C12H14F3NO/c1-2-11(17)7-16(8-11)10-6-4-3-5-9(10)12(13,14)15/h3-6,17H,2,7-8H2,1H3. The fourth-order valence-electron chi connectivity index (χ4n) is 2.05. The largest absolute Gasteiger partial charge is 0.418 e. The van der Waals surface area contributed by atoms with Crippen molar-refractivity contribution < 1.29 is 18.3 Å². The minimum atomic E-state index is -4.35. The van der Waals surface area contributed by atoms with Gasteiger partial charge in [0.2, 0.25) is 0 Å². The molecule has 1 fully saturated rings. The first-order chi connectivity index (χ1) is 7.86. The molecule has 1 aliphatic rings. The van der Waals surface area contributed by atoms with E-state index in [-0.39, 0.29) is 18.8 Å². The van der Waals surface area contributed by atoms with Crippen LogP contribution in [0, 0.1) is 0 Å². The SMILES string of the molecule is CCC1(O)CN(c2ccccc2C(F)(F)F)C1. The first-order valence-electron chi connectivity index (χ1n) is 5.49. The summed E-state index contributed by atoms with van der Waals surface area (Å²) >= 11 is 0. The van der Waals surface area contributed by atoms with Crippen molar-refractivity contribution in [3.8, 4) is 0 Å². The van der Waals surface area contributed by atoms with Crippen LogP contribution in [0.4, 0.5) is 18.9 Å². The Morgan fingerprint density at radius 1 is 1.29 bits per heavy atom. The highest BCUT2D eigenvalue weighted by Crippen LogP contribution is 2.39. The molecule has 0 radical (unpaired) electrons. The molecule has 1 aromatic carbocycles. The third-order valence-corrected chi connectivity index (χ3v) is 3.18. The van der Waals surface area contributed by atoms with Gasteiger partial charge in [-0.05, 0) is 18.6 Å². The van der Waals surface area contributed by atoms with Gasteiger partial charge in [0.1, 0.15) is 0 Å². The van der Waals surface area contributed by atoms with Gasteiger partial charge < -0.3 is 10.0 Å². The summed E-state index contributed by atoms with van der Waals surface area (Å²) in [6.07, 6.45) is -3.80. The van der Waals surface area contributed by atoms with E-state index in [2.05, 4.69) is 0 Å². The summed E-state index contributed by atoms with van der Waals surface area (Å²) in [6.45, 7) is 2.35. The van der Waals surface area contributed by atoms with Crippen LogP contribution in [0.5, 0.6) is 0 Å². The molecule has 2 nitrogen and oxygen atoms in total. The molecule has 0 spiro atoms. The van der Waals surface area contributed by atoms with Crippen molar-refractivity contribution in [2.75, 3.05) is 18.0 Å². The van der Waals surface area contributed by atoms with Crippen LogP contribution in [-0.4, -0.2) is 23.8 Å². The predicted octanol–water partition coefficient (Wildman–Crippen LogP) is 2.67. The average Bonchev–Trinajstić information content (AvgIpc) is 2.23. The summed E-state index contributed by atoms with van der Waals surface area (Å²) in [5.74, 6) is 0. The molecule has 1 aliphatic heterocycles. The minimum absolute atomic E-state index is 0.151. The molecule has 17 heavy (non-hydrogen) atoms. The number of halogens is 3. The van der Waals surface area contributed by atoms with Gasteiger partial charge in [0.05, 0.1) is 11.2 Å². The van der Waals surface area contributed by atoms with Crippen molar-refractivity contribution in [2.45, 2.75) is 25.1 Å². The highest BCUT2D eigenvalue weighted by molar-refractivity contribution is 5.57. The van der Waals surface area contributed by atoms with Gasteiger partial charge in [0.15, 0.2) is 0 Å². The Balaban J connectivity index is 2.24. The van der Waals surface area contributed by atoms with Crippen LogP contribution in [0.3, 0.4) is 0 Å². The van der Waals surface area contributed by atoms with E-state index in [0.717, 1.165) is 6.07 Å². The molecule has 1 aromatic rings. The van der Waals surface area contributed by atoms with Gasteiger partial charge in [-0.2, -0.15) is 13.2 Å².